The number of nitrogens with one attached hydrogen (secondary N) is 1. The zero-order valence-electron chi connectivity index (χ0n) is 17.4. The third-order valence-electron chi connectivity index (χ3n) is 4.26. The van der Waals surface area contributed by atoms with E-state index < -0.39 is 0 Å². The molecule has 4 heteroatoms. The van der Waals surface area contributed by atoms with Crippen LogP contribution in [0.4, 0.5) is 0 Å². The Morgan fingerprint density at radius 2 is 1.63 bits per heavy atom. The smallest absolute Gasteiger partial charge is 0.175 e. The Kier molecular flexibility index (Phi) is 7.35. The van der Waals surface area contributed by atoms with Gasteiger partial charge in [-0.15, -0.1) is 0 Å². The Morgan fingerprint density at radius 3 is 2.22 bits per heavy atom. The number of hydrogen-bond donors (Lipinski definition) is 1. The molecule has 0 radical (unpaired) electrons. The molecule has 2 rings (SSSR count). The van der Waals surface area contributed by atoms with Crippen LogP contribution < -0.4 is 14.8 Å². The summed E-state index contributed by atoms with van der Waals surface area (Å²) in [5.74, 6) is 1.48. The van der Waals surface area contributed by atoms with Crippen LogP contribution in [-0.4, -0.2) is 12.6 Å². The number of methoxy groups -OCH3 is 1. The predicted molar refractivity (Wildman–Crippen MR) is 116 cm³/mol. The molecule has 2 aromatic rings. The van der Waals surface area contributed by atoms with E-state index in [1.165, 1.54) is 0 Å². The molecule has 0 atom stereocenters. The van der Waals surface area contributed by atoms with Crippen molar-refractivity contribution in [1.82, 2.24) is 5.32 Å². The molecule has 0 aliphatic heterocycles. The van der Waals surface area contributed by atoms with Gasteiger partial charge < -0.3 is 14.8 Å². The third kappa shape index (κ3) is 7.19. The summed E-state index contributed by atoms with van der Waals surface area (Å²) < 4.78 is 12.5. The zero-order valence-corrected chi connectivity index (χ0v) is 18.9. The van der Waals surface area contributed by atoms with Crippen LogP contribution in [0.5, 0.6) is 11.5 Å². The maximum absolute atomic E-state index is 6.02. The minimum atomic E-state index is 0.0560. The van der Waals surface area contributed by atoms with Crippen molar-refractivity contribution in [1.29, 1.82) is 0 Å². The Morgan fingerprint density at radius 1 is 0.963 bits per heavy atom. The van der Waals surface area contributed by atoms with Crippen LogP contribution in [0.15, 0.2) is 46.9 Å². The fourth-order valence-corrected chi connectivity index (χ4v) is 4.08. The Balaban J connectivity index is 2.08. The highest BCUT2D eigenvalue weighted by Gasteiger charge is 2.25. The van der Waals surface area contributed by atoms with Crippen molar-refractivity contribution in [3.63, 3.8) is 0 Å². The van der Waals surface area contributed by atoms with Gasteiger partial charge >= 0.3 is 0 Å². The summed E-state index contributed by atoms with van der Waals surface area (Å²) in [4.78, 5) is 0. The van der Waals surface area contributed by atoms with E-state index in [4.69, 9.17) is 9.47 Å². The lowest BCUT2D eigenvalue weighted by Gasteiger charge is -2.33. The van der Waals surface area contributed by atoms with Crippen LogP contribution in [-0.2, 0) is 13.2 Å². The van der Waals surface area contributed by atoms with E-state index in [9.17, 15) is 0 Å². The molecule has 0 aliphatic carbocycles. The van der Waals surface area contributed by atoms with Gasteiger partial charge in [-0.05, 0) is 64.9 Å². The molecule has 0 amide bonds. The van der Waals surface area contributed by atoms with Crippen LogP contribution in [0.2, 0.25) is 0 Å². The molecule has 0 heterocycles. The van der Waals surface area contributed by atoms with Gasteiger partial charge in [-0.2, -0.15) is 0 Å². The van der Waals surface area contributed by atoms with Crippen molar-refractivity contribution in [2.75, 3.05) is 7.11 Å². The van der Waals surface area contributed by atoms with Crippen LogP contribution in [0.1, 0.15) is 52.2 Å². The van der Waals surface area contributed by atoms with Gasteiger partial charge in [0.1, 0.15) is 6.61 Å². The topological polar surface area (TPSA) is 30.5 Å². The molecule has 0 unspecified atom stereocenters. The lowest BCUT2D eigenvalue weighted by atomic mass is 9.82. The van der Waals surface area contributed by atoms with Crippen molar-refractivity contribution in [3.05, 3.63) is 58.1 Å². The fraction of sp³-hybridized carbons (Fsp3) is 0.478. The van der Waals surface area contributed by atoms with E-state index in [1.807, 2.05) is 24.3 Å². The van der Waals surface area contributed by atoms with Gasteiger partial charge in [0.25, 0.3) is 0 Å². The highest BCUT2D eigenvalue weighted by molar-refractivity contribution is 9.10. The first-order valence-corrected chi connectivity index (χ1v) is 10.2. The Hall–Kier alpha value is -1.52. The summed E-state index contributed by atoms with van der Waals surface area (Å²) in [6.07, 6.45) is 1.09. The largest absolute Gasteiger partial charge is 0.493 e. The molecule has 0 bridgehead atoms. The molecule has 0 fully saturated rings. The van der Waals surface area contributed by atoms with Crippen LogP contribution in [0.3, 0.4) is 0 Å². The van der Waals surface area contributed by atoms with Gasteiger partial charge in [-0.25, -0.2) is 0 Å². The average Bonchev–Trinajstić information content (AvgIpc) is 2.57. The molecular weight excluding hydrogens is 402 g/mol. The summed E-state index contributed by atoms with van der Waals surface area (Å²) in [6, 6.07) is 14.3. The summed E-state index contributed by atoms with van der Waals surface area (Å²) in [5.41, 5.74) is 2.62. The standard InChI is InChI=1S/C23H32BrNO2/c1-22(2,3)16-23(4,5)25-14-18-12-19(24)21(20(13-18)26-6)27-15-17-10-8-7-9-11-17/h7-13,25H,14-16H2,1-6H3. The molecule has 148 valence electrons. The summed E-state index contributed by atoms with van der Waals surface area (Å²) in [6.45, 7) is 12.6. The summed E-state index contributed by atoms with van der Waals surface area (Å²) >= 11 is 3.65. The number of hydrogen-bond acceptors (Lipinski definition) is 3. The SMILES string of the molecule is COc1cc(CNC(C)(C)CC(C)(C)C)cc(Br)c1OCc1ccccc1. The molecule has 0 aliphatic rings. The van der Waals surface area contributed by atoms with Crippen LogP contribution in [0.25, 0.3) is 0 Å². The Labute approximate surface area is 172 Å². The van der Waals surface area contributed by atoms with E-state index >= 15 is 0 Å². The zero-order chi connectivity index (χ0) is 20.1. The van der Waals surface area contributed by atoms with Crippen LogP contribution >= 0.6 is 15.9 Å². The first-order valence-electron chi connectivity index (χ1n) is 9.38. The number of benzene rings is 2. The molecule has 0 spiro atoms. The minimum absolute atomic E-state index is 0.0560. The first kappa shape index (κ1) is 21.8. The van der Waals surface area contributed by atoms with Crippen LogP contribution in [0, 0.1) is 5.41 Å². The van der Waals surface area contributed by atoms with Gasteiger partial charge in [0.05, 0.1) is 11.6 Å². The van der Waals surface area contributed by atoms with E-state index in [0.717, 1.165) is 40.1 Å². The van der Waals surface area contributed by atoms with Gasteiger partial charge in [-0.3, -0.25) is 0 Å². The lowest BCUT2D eigenvalue weighted by molar-refractivity contribution is 0.240. The van der Waals surface area contributed by atoms with Gasteiger partial charge in [-0.1, -0.05) is 51.1 Å². The highest BCUT2D eigenvalue weighted by Crippen LogP contribution is 2.37. The molecule has 0 saturated heterocycles. The maximum atomic E-state index is 6.02. The molecule has 2 aromatic carbocycles. The predicted octanol–water partition coefficient (Wildman–Crippen LogP) is 6.34. The van der Waals surface area contributed by atoms with Gasteiger partial charge in [0, 0.05) is 12.1 Å². The second kappa shape index (κ2) is 9.11. The molecule has 0 saturated carbocycles. The third-order valence-corrected chi connectivity index (χ3v) is 4.85. The van der Waals surface area contributed by atoms with Gasteiger partial charge in [0.2, 0.25) is 0 Å². The maximum Gasteiger partial charge on any atom is 0.175 e. The van der Waals surface area contributed by atoms with Crippen molar-refractivity contribution in [2.24, 2.45) is 5.41 Å². The molecule has 27 heavy (non-hydrogen) atoms. The Bertz CT molecular complexity index is 736. The average molecular weight is 434 g/mol. The molecule has 3 nitrogen and oxygen atoms in total. The summed E-state index contributed by atoms with van der Waals surface area (Å²) in [7, 11) is 1.68. The number of ether oxygens (including phenoxy) is 2. The second-order valence-corrected chi connectivity index (χ2v) is 9.71. The minimum Gasteiger partial charge on any atom is -0.493 e. The fourth-order valence-electron chi connectivity index (χ4n) is 3.47. The van der Waals surface area contributed by atoms with Crippen molar-refractivity contribution in [2.45, 2.75) is 59.7 Å². The first-order chi connectivity index (χ1) is 12.6. The molecule has 1 N–H and O–H groups in total. The van der Waals surface area contributed by atoms with E-state index in [2.05, 4.69) is 74.1 Å². The number of halogens is 1. The quantitative estimate of drug-likeness (QED) is 0.526. The van der Waals surface area contributed by atoms with E-state index in [0.29, 0.717) is 6.61 Å². The second-order valence-electron chi connectivity index (χ2n) is 8.86. The van der Waals surface area contributed by atoms with Crippen molar-refractivity contribution < 1.29 is 9.47 Å². The number of rotatable bonds is 8. The van der Waals surface area contributed by atoms with E-state index in [-0.39, 0.29) is 11.0 Å². The highest BCUT2D eigenvalue weighted by atomic mass is 79.9. The van der Waals surface area contributed by atoms with Gasteiger partial charge in [0.15, 0.2) is 11.5 Å². The lowest BCUT2D eigenvalue weighted by Crippen LogP contribution is -2.41. The van der Waals surface area contributed by atoms with Crippen molar-refractivity contribution in [3.8, 4) is 11.5 Å². The normalized spacial score (nSPS) is 12.1. The summed E-state index contributed by atoms with van der Waals surface area (Å²) in [5, 5.41) is 3.67. The molecular formula is C23H32BrNO2. The van der Waals surface area contributed by atoms with E-state index in [1.54, 1.807) is 7.11 Å². The molecule has 0 aromatic heterocycles. The monoisotopic (exact) mass is 433 g/mol. The van der Waals surface area contributed by atoms with Crippen molar-refractivity contribution >= 4 is 15.9 Å².